The first kappa shape index (κ1) is 27.6. The van der Waals surface area contributed by atoms with Crippen molar-refractivity contribution in [3.05, 3.63) is 53.1 Å². The van der Waals surface area contributed by atoms with E-state index >= 15 is 0 Å². The number of nitrogens with one attached hydrogen (secondary N) is 1. The summed E-state index contributed by atoms with van der Waals surface area (Å²) in [4.78, 5) is 28.1. The summed E-state index contributed by atoms with van der Waals surface area (Å²) in [5.41, 5.74) is 1.02. The maximum atomic E-state index is 13.7. The third-order valence-corrected chi connectivity index (χ3v) is 6.97. The van der Waals surface area contributed by atoms with Gasteiger partial charge >= 0.3 is 0 Å². The zero-order valence-corrected chi connectivity index (χ0v) is 22.4. The monoisotopic (exact) mass is 537 g/mol. The Kier molecular flexibility index (Phi) is 9.08. The first-order valence-corrected chi connectivity index (χ1v) is 13.9. The summed E-state index contributed by atoms with van der Waals surface area (Å²) in [5, 5.41) is 3.40. The molecule has 9 nitrogen and oxygen atoms in total. The summed E-state index contributed by atoms with van der Waals surface area (Å²) in [5.74, 6) is 0.0854. The molecule has 2 aromatic rings. The van der Waals surface area contributed by atoms with Crippen LogP contribution in [-0.2, 0) is 26.2 Å². The second-order valence-corrected chi connectivity index (χ2v) is 11.2. The molecular formula is C25H32ClN3O6S. The van der Waals surface area contributed by atoms with Crippen molar-refractivity contribution in [3.8, 4) is 11.5 Å². The molecule has 1 aliphatic heterocycles. The van der Waals surface area contributed by atoms with Crippen LogP contribution >= 0.6 is 11.6 Å². The Balaban J connectivity index is 1.95. The fraction of sp³-hybridized carbons (Fsp3) is 0.440. The van der Waals surface area contributed by atoms with Crippen molar-refractivity contribution in [3.63, 3.8) is 0 Å². The minimum atomic E-state index is -3.85. The van der Waals surface area contributed by atoms with Crippen molar-refractivity contribution < 1.29 is 27.5 Å². The van der Waals surface area contributed by atoms with E-state index in [0.29, 0.717) is 36.2 Å². The largest absolute Gasteiger partial charge is 0.486 e. The molecule has 1 atom stereocenters. The Hall–Kier alpha value is -2.98. The predicted octanol–water partition coefficient (Wildman–Crippen LogP) is 3.21. The molecule has 0 aromatic heterocycles. The van der Waals surface area contributed by atoms with Gasteiger partial charge in [0, 0.05) is 23.7 Å². The van der Waals surface area contributed by atoms with E-state index < -0.39 is 28.5 Å². The van der Waals surface area contributed by atoms with E-state index in [9.17, 15) is 18.0 Å². The first-order chi connectivity index (χ1) is 17.0. The number of hydrogen-bond donors (Lipinski definition) is 1. The molecule has 1 heterocycles. The molecule has 0 unspecified atom stereocenters. The Labute approximate surface area is 217 Å². The minimum absolute atomic E-state index is 0.110. The lowest BCUT2D eigenvalue weighted by atomic mass is 10.1. The number of ether oxygens (including phenoxy) is 2. The van der Waals surface area contributed by atoms with Crippen LogP contribution in [0.25, 0.3) is 0 Å². The van der Waals surface area contributed by atoms with Crippen LogP contribution in [0.2, 0.25) is 5.02 Å². The van der Waals surface area contributed by atoms with Crippen LogP contribution in [0.3, 0.4) is 0 Å². The summed E-state index contributed by atoms with van der Waals surface area (Å²) >= 11 is 6.01. The number of nitrogens with zero attached hydrogens (tertiary/aromatic N) is 2. The zero-order valence-electron chi connectivity index (χ0n) is 20.9. The van der Waals surface area contributed by atoms with E-state index in [2.05, 4.69) is 5.32 Å². The van der Waals surface area contributed by atoms with Crippen LogP contribution in [0.4, 0.5) is 5.69 Å². The normalized spacial score (nSPS) is 13.7. The quantitative estimate of drug-likeness (QED) is 0.499. The third kappa shape index (κ3) is 7.04. The highest BCUT2D eigenvalue weighted by Crippen LogP contribution is 2.34. The zero-order chi connectivity index (χ0) is 26.5. The smallest absolute Gasteiger partial charge is 0.244 e. The lowest BCUT2D eigenvalue weighted by molar-refractivity contribution is -0.140. The molecule has 196 valence electrons. The van der Waals surface area contributed by atoms with Gasteiger partial charge in [0.25, 0.3) is 0 Å². The van der Waals surface area contributed by atoms with Gasteiger partial charge in [-0.15, -0.1) is 0 Å². The molecule has 0 spiro atoms. The molecule has 36 heavy (non-hydrogen) atoms. The summed E-state index contributed by atoms with van der Waals surface area (Å²) in [6.45, 7) is 5.84. The average Bonchev–Trinajstić information content (AvgIpc) is 2.82. The van der Waals surface area contributed by atoms with Crippen LogP contribution in [0.1, 0.15) is 32.8 Å². The number of fused-ring (bicyclic) bond motifs is 1. The fourth-order valence-corrected chi connectivity index (χ4v) is 4.86. The molecule has 0 aliphatic carbocycles. The number of rotatable bonds is 10. The van der Waals surface area contributed by atoms with E-state index in [1.54, 1.807) is 36.4 Å². The van der Waals surface area contributed by atoms with Crippen LogP contribution < -0.4 is 19.1 Å². The van der Waals surface area contributed by atoms with E-state index in [1.165, 1.54) is 11.0 Å². The maximum absolute atomic E-state index is 13.7. The molecule has 0 saturated heterocycles. The Morgan fingerprint density at radius 2 is 1.69 bits per heavy atom. The molecule has 1 aliphatic rings. The van der Waals surface area contributed by atoms with Crippen LogP contribution in [0, 0.1) is 0 Å². The number of carbonyl (C=O) groups excluding carboxylic acids is 2. The van der Waals surface area contributed by atoms with Crippen molar-refractivity contribution in [1.82, 2.24) is 10.2 Å². The highest BCUT2D eigenvalue weighted by Gasteiger charge is 2.32. The van der Waals surface area contributed by atoms with Gasteiger partial charge in [-0.1, -0.05) is 30.7 Å². The number of hydrogen-bond acceptors (Lipinski definition) is 6. The summed E-state index contributed by atoms with van der Waals surface area (Å²) in [6, 6.07) is 10.7. The van der Waals surface area contributed by atoms with Gasteiger partial charge in [0.05, 0.1) is 11.9 Å². The van der Waals surface area contributed by atoms with Crippen molar-refractivity contribution in [2.75, 3.05) is 30.3 Å². The van der Waals surface area contributed by atoms with E-state index in [0.717, 1.165) is 16.1 Å². The predicted molar refractivity (Wildman–Crippen MR) is 139 cm³/mol. The van der Waals surface area contributed by atoms with Gasteiger partial charge in [-0.2, -0.15) is 0 Å². The lowest BCUT2D eigenvalue weighted by Crippen LogP contribution is -2.53. The second-order valence-electron chi connectivity index (χ2n) is 8.83. The molecule has 2 aromatic carbocycles. The molecule has 1 N–H and O–H groups in total. The van der Waals surface area contributed by atoms with Gasteiger partial charge in [0.2, 0.25) is 21.8 Å². The summed E-state index contributed by atoms with van der Waals surface area (Å²) in [6.07, 6.45) is 1.38. The van der Waals surface area contributed by atoms with Crippen molar-refractivity contribution >= 4 is 39.1 Å². The number of sulfonamides is 1. The molecule has 3 rings (SSSR count). The molecule has 2 amide bonds. The molecule has 0 radical (unpaired) electrons. The topological polar surface area (TPSA) is 105 Å². The minimum Gasteiger partial charge on any atom is -0.486 e. The van der Waals surface area contributed by atoms with Gasteiger partial charge < -0.3 is 19.7 Å². The van der Waals surface area contributed by atoms with Crippen molar-refractivity contribution in [1.29, 1.82) is 0 Å². The van der Waals surface area contributed by atoms with Gasteiger partial charge in [0.15, 0.2) is 11.5 Å². The number of benzene rings is 2. The summed E-state index contributed by atoms with van der Waals surface area (Å²) in [7, 11) is -3.85. The third-order valence-electron chi connectivity index (χ3n) is 5.58. The van der Waals surface area contributed by atoms with Crippen molar-refractivity contribution in [2.24, 2.45) is 0 Å². The number of anilines is 1. The van der Waals surface area contributed by atoms with Crippen LogP contribution in [0.15, 0.2) is 42.5 Å². The van der Waals surface area contributed by atoms with Crippen molar-refractivity contribution in [2.45, 2.75) is 45.8 Å². The van der Waals surface area contributed by atoms with Gasteiger partial charge in [-0.25, -0.2) is 8.42 Å². The highest BCUT2D eigenvalue weighted by molar-refractivity contribution is 7.92. The number of halogens is 1. The maximum Gasteiger partial charge on any atom is 0.244 e. The van der Waals surface area contributed by atoms with E-state index in [-0.39, 0.29) is 24.2 Å². The SMILES string of the molecule is CC[C@H](C(=O)NC(C)C)N(Cc1ccc(Cl)cc1)C(=O)CN(c1ccc2c(c1)OCCO2)S(C)(=O)=O. The number of carbonyl (C=O) groups is 2. The van der Waals surface area contributed by atoms with Crippen LogP contribution in [0.5, 0.6) is 11.5 Å². The van der Waals surface area contributed by atoms with E-state index in [4.69, 9.17) is 21.1 Å². The standard InChI is InChI=1S/C25H32ClN3O6S/c1-5-21(25(31)27-17(2)3)28(15-18-6-8-19(26)9-7-18)24(30)16-29(36(4,32)33)20-10-11-22-23(14-20)35-13-12-34-22/h6-11,14,17,21H,5,12-13,15-16H2,1-4H3,(H,27,31)/t21-/m1/s1. The molecule has 0 saturated carbocycles. The summed E-state index contributed by atoms with van der Waals surface area (Å²) < 4.78 is 37.6. The second kappa shape index (κ2) is 11.8. The van der Waals surface area contributed by atoms with Gasteiger partial charge in [0.1, 0.15) is 25.8 Å². The van der Waals surface area contributed by atoms with Gasteiger partial charge in [-0.3, -0.25) is 13.9 Å². The molecule has 11 heteroatoms. The first-order valence-electron chi connectivity index (χ1n) is 11.7. The molecule has 0 fully saturated rings. The highest BCUT2D eigenvalue weighted by atomic mass is 35.5. The Bertz CT molecular complexity index is 1190. The Morgan fingerprint density at radius 1 is 1.06 bits per heavy atom. The average molecular weight is 538 g/mol. The number of amides is 2. The van der Waals surface area contributed by atoms with Gasteiger partial charge in [-0.05, 0) is 50.1 Å². The fourth-order valence-electron chi connectivity index (χ4n) is 3.89. The van der Waals surface area contributed by atoms with E-state index in [1.807, 2.05) is 20.8 Å². The molecule has 0 bridgehead atoms. The Morgan fingerprint density at radius 3 is 2.28 bits per heavy atom. The molecular weight excluding hydrogens is 506 g/mol. The lowest BCUT2D eigenvalue weighted by Gasteiger charge is -2.33. The van der Waals surface area contributed by atoms with Crippen LogP contribution in [-0.4, -0.2) is 63.2 Å².